The topological polar surface area (TPSA) is 68.0 Å². The molecule has 0 unspecified atom stereocenters. The number of aromatic nitrogens is 1. The van der Waals surface area contributed by atoms with Gasteiger partial charge < -0.3 is 11.1 Å². The van der Waals surface area contributed by atoms with E-state index in [4.69, 9.17) is 5.73 Å². The monoisotopic (exact) mass is 349 g/mol. The highest BCUT2D eigenvalue weighted by Gasteiger charge is 2.21. The van der Waals surface area contributed by atoms with Crippen LogP contribution in [-0.4, -0.2) is 28.4 Å². The fourth-order valence-electron chi connectivity index (χ4n) is 3.37. The SMILES string of the molecule is C=S1(=C)CCc2c1ccc1nccc(Nc3cccc(C(N)=O)c3)c21. The number of hydrogen-bond donors (Lipinski definition) is 2. The van der Waals surface area contributed by atoms with Crippen molar-refractivity contribution in [3.63, 3.8) is 0 Å². The molecule has 0 aliphatic carbocycles. The molecule has 126 valence electrons. The van der Waals surface area contributed by atoms with E-state index in [2.05, 4.69) is 28.1 Å². The van der Waals surface area contributed by atoms with Crippen molar-refractivity contribution in [2.45, 2.75) is 11.3 Å². The van der Waals surface area contributed by atoms with Gasteiger partial charge in [-0.1, -0.05) is 17.8 Å². The number of nitrogens with one attached hydrogen (secondary N) is 1. The van der Waals surface area contributed by atoms with Crippen LogP contribution in [0, 0.1) is 0 Å². The van der Waals surface area contributed by atoms with Crippen molar-refractivity contribution in [3.05, 3.63) is 59.8 Å². The molecule has 1 aromatic heterocycles. The third-order valence-electron chi connectivity index (χ3n) is 4.61. The highest BCUT2D eigenvalue weighted by molar-refractivity contribution is 8.28. The first-order valence-electron chi connectivity index (χ1n) is 8.00. The lowest BCUT2D eigenvalue weighted by Crippen LogP contribution is -2.10. The summed E-state index contributed by atoms with van der Waals surface area (Å²) in [6.45, 7) is 0. The number of hydrogen-bond acceptors (Lipinski definition) is 3. The van der Waals surface area contributed by atoms with Crippen molar-refractivity contribution in [1.29, 1.82) is 0 Å². The Morgan fingerprint density at radius 1 is 1.20 bits per heavy atom. The van der Waals surface area contributed by atoms with Crippen LogP contribution in [0.25, 0.3) is 10.9 Å². The van der Waals surface area contributed by atoms with Gasteiger partial charge in [-0.15, -0.1) is 0 Å². The molecule has 0 spiro atoms. The molecule has 25 heavy (non-hydrogen) atoms. The van der Waals surface area contributed by atoms with Crippen LogP contribution in [0.1, 0.15) is 15.9 Å². The number of rotatable bonds is 3. The summed E-state index contributed by atoms with van der Waals surface area (Å²) in [5.41, 5.74) is 9.90. The molecule has 3 N–H and O–H groups in total. The Morgan fingerprint density at radius 2 is 2.04 bits per heavy atom. The number of nitrogens with two attached hydrogens (primary N) is 1. The van der Waals surface area contributed by atoms with Crippen LogP contribution in [0.4, 0.5) is 11.4 Å². The predicted molar refractivity (Wildman–Crippen MR) is 109 cm³/mol. The normalized spacial score (nSPS) is 15.0. The molecule has 1 aliphatic heterocycles. The highest BCUT2D eigenvalue weighted by Crippen LogP contribution is 2.46. The number of anilines is 2. The molecular formula is C20H19N3OS. The summed E-state index contributed by atoms with van der Waals surface area (Å²) in [5, 5.41) is 4.54. The van der Waals surface area contributed by atoms with E-state index in [1.165, 1.54) is 10.5 Å². The summed E-state index contributed by atoms with van der Waals surface area (Å²) >= 11 is 0. The van der Waals surface area contributed by atoms with Gasteiger partial charge in [0, 0.05) is 33.4 Å². The summed E-state index contributed by atoms with van der Waals surface area (Å²) in [4.78, 5) is 17.2. The Hall–Kier alpha value is -2.79. The number of fused-ring (bicyclic) bond motifs is 3. The number of amides is 1. The van der Waals surface area contributed by atoms with Gasteiger partial charge in [-0.05, 0) is 54.1 Å². The van der Waals surface area contributed by atoms with Gasteiger partial charge in [0.15, 0.2) is 0 Å². The number of pyridine rings is 1. The first kappa shape index (κ1) is 15.7. The van der Waals surface area contributed by atoms with E-state index in [1.54, 1.807) is 18.3 Å². The van der Waals surface area contributed by atoms with Crippen LogP contribution in [0.15, 0.2) is 53.6 Å². The van der Waals surface area contributed by atoms with Gasteiger partial charge in [0.25, 0.3) is 0 Å². The van der Waals surface area contributed by atoms with E-state index in [9.17, 15) is 4.79 Å². The Kier molecular flexibility index (Phi) is 3.54. The first-order chi connectivity index (χ1) is 12.0. The van der Waals surface area contributed by atoms with Gasteiger partial charge in [0.2, 0.25) is 5.91 Å². The second-order valence-corrected chi connectivity index (χ2v) is 9.30. The maximum Gasteiger partial charge on any atom is 0.248 e. The van der Waals surface area contributed by atoms with Crippen molar-refractivity contribution < 1.29 is 4.79 Å². The lowest BCUT2D eigenvalue weighted by molar-refractivity contribution is 0.100. The molecule has 5 heteroatoms. The zero-order valence-electron chi connectivity index (χ0n) is 13.8. The van der Waals surface area contributed by atoms with Crippen molar-refractivity contribution in [2.75, 3.05) is 11.1 Å². The van der Waals surface area contributed by atoms with Crippen molar-refractivity contribution in [3.8, 4) is 0 Å². The predicted octanol–water partition coefficient (Wildman–Crippen LogP) is 3.66. The van der Waals surface area contributed by atoms with Gasteiger partial charge in [0.05, 0.1) is 5.52 Å². The second kappa shape index (κ2) is 5.63. The summed E-state index contributed by atoms with van der Waals surface area (Å²) in [5.74, 6) is 9.25. The zero-order chi connectivity index (χ0) is 17.6. The first-order valence-corrected chi connectivity index (χ1v) is 10.1. The van der Waals surface area contributed by atoms with Gasteiger partial charge in [-0.3, -0.25) is 9.78 Å². The third kappa shape index (κ3) is 2.66. The van der Waals surface area contributed by atoms with E-state index in [1.807, 2.05) is 24.3 Å². The number of primary amides is 1. The summed E-state index contributed by atoms with van der Waals surface area (Å²) in [7, 11) is -1.22. The van der Waals surface area contributed by atoms with E-state index < -0.39 is 15.1 Å². The average Bonchev–Trinajstić information content (AvgIpc) is 2.90. The molecule has 0 saturated carbocycles. The minimum Gasteiger partial charge on any atom is -0.366 e. The molecule has 0 bridgehead atoms. The van der Waals surface area contributed by atoms with Crippen LogP contribution < -0.4 is 11.1 Å². The number of nitrogens with zero attached hydrogens (tertiary/aromatic N) is 1. The molecule has 0 saturated heterocycles. The molecule has 0 fully saturated rings. The van der Waals surface area contributed by atoms with Gasteiger partial charge >= 0.3 is 0 Å². The third-order valence-corrected chi connectivity index (χ3v) is 6.91. The van der Waals surface area contributed by atoms with Crippen molar-refractivity contribution in [2.24, 2.45) is 5.73 Å². The number of aryl methyl sites for hydroxylation is 1. The molecule has 3 aromatic rings. The zero-order valence-corrected chi connectivity index (χ0v) is 14.6. The Morgan fingerprint density at radius 3 is 2.84 bits per heavy atom. The molecule has 0 atom stereocenters. The highest BCUT2D eigenvalue weighted by atomic mass is 32.2. The van der Waals surface area contributed by atoms with E-state index in [0.717, 1.165) is 34.5 Å². The molecule has 4 nitrogen and oxygen atoms in total. The van der Waals surface area contributed by atoms with Crippen molar-refractivity contribution >= 4 is 49.1 Å². The lowest BCUT2D eigenvalue weighted by atomic mass is 10.0. The van der Waals surface area contributed by atoms with Gasteiger partial charge in [-0.2, -0.15) is 9.21 Å². The maximum absolute atomic E-state index is 11.4. The van der Waals surface area contributed by atoms with Crippen LogP contribution in [-0.2, 0) is 6.42 Å². The Balaban J connectivity index is 1.87. The lowest BCUT2D eigenvalue weighted by Gasteiger charge is -2.14. The van der Waals surface area contributed by atoms with E-state index in [-0.39, 0.29) is 0 Å². The summed E-state index contributed by atoms with van der Waals surface area (Å²) in [6, 6.07) is 13.3. The fourth-order valence-corrected chi connectivity index (χ4v) is 5.27. The van der Waals surface area contributed by atoms with Gasteiger partial charge in [-0.25, -0.2) is 0 Å². The maximum atomic E-state index is 11.4. The van der Waals surface area contributed by atoms with Crippen LogP contribution in [0.2, 0.25) is 0 Å². The molecular weight excluding hydrogens is 330 g/mol. The standard InChI is InChI=1S/C20H19N3OS/c1-25(2)11-9-15-18(25)7-6-16-19(15)17(8-10-22-16)23-14-5-3-4-13(12-14)20(21)24/h3-8,10,12H,1-2,9,11H2,(H2,21,24)(H,22,23). The Labute approximate surface area is 147 Å². The van der Waals surface area contributed by atoms with Gasteiger partial charge in [0.1, 0.15) is 0 Å². The van der Waals surface area contributed by atoms with E-state index in [0.29, 0.717) is 5.56 Å². The van der Waals surface area contributed by atoms with Crippen LogP contribution >= 0.6 is 9.21 Å². The smallest absolute Gasteiger partial charge is 0.248 e. The number of carbonyl (C=O) groups excluding carboxylic acids is 1. The number of benzene rings is 2. The Bertz CT molecular complexity index is 1120. The molecule has 4 rings (SSSR count). The molecule has 1 aliphatic rings. The number of carbonyl (C=O) groups is 1. The second-order valence-electron chi connectivity index (χ2n) is 6.36. The van der Waals surface area contributed by atoms with Crippen LogP contribution in [0.3, 0.4) is 0 Å². The molecule has 2 aromatic carbocycles. The minimum atomic E-state index is -1.22. The molecule has 0 radical (unpaired) electrons. The quantitative estimate of drug-likeness (QED) is 0.709. The average molecular weight is 349 g/mol. The largest absolute Gasteiger partial charge is 0.366 e. The van der Waals surface area contributed by atoms with Crippen molar-refractivity contribution in [1.82, 2.24) is 4.98 Å². The molecule has 1 amide bonds. The van der Waals surface area contributed by atoms with E-state index >= 15 is 0 Å². The summed E-state index contributed by atoms with van der Waals surface area (Å²) < 4.78 is 0. The van der Waals surface area contributed by atoms with Crippen LogP contribution in [0.5, 0.6) is 0 Å². The molecule has 2 heterocycles. The minimum absolute atomic E-state index is 0.438. The summed E-state index contributed by atoms with van der Waals surface area (Å²) in [6.07, 6.45) is 2.76. The fraction of sp³-hybridized carbons (Fsp3) is 0.100.